The van der Waals surface area contributed by atoms with Crippen molar-refractivity contribution in [2.75, 3.05) is 0 Å². The Balaban J connectivity index is 1.90. The third-order valence-corrected chi connectivity index (χ3v) is 3.77. The molecule has 0 bridgehead atoms. The van der Waals surface area contributed by atoms with Crippen LogP contribution in [0, 0.1) is 10.1 Å². The first-order valence-corrected chi connectivity index (χ1v) is 8.16. The summed E-state index contributed by atoms with van der Waals surface area (Å²) < 4.78 is 0. The van der Waals surface area contributed by atoms with Crippen LogP contribution in [0.5, 0.6) is 0 Å². The van der Waals surface area contributed by atoms with Gasteiger partial charge in [-0.1, -0.05) is 60.7 Å². The van der Waals surface area contributed by atoms with Crippen molar-refractivity contribution < 1.29 is 9.72 Å². The van der Waals surface area contributed by atoms with E-state index in [1.165, 1.54) is 18.3 Å². The van der Waals surface area contributed by atoms with Gasteiger partial charge in [0.25, 0.3) is 5.69 Å². The second kappa shape index (κ2) is 8.44. The van der Waals surface area contributed by atoms with Crippen molar-refractivity contribution in [2.45, 2.75) is 0 Å². The van der Waals surface area contributed by atoms with Gasteiger partial charge >= 0.3 is 0 Å². The lowest BCUT2D eigenvalue weighted by atomic mass is 10.0. The third kappa shape index (κ3) is 4.58. The highest BCUT2D eigenvalue weighted by Gasteiger charge is 2.16. The third-order valence-electron chi connectivity index (χ3n) is 3.77. The highest BCUT2D eigenvalue weighted by Crippen LogP contribution is 2.12. The van der Waals surface area contributed by atoms with Gasteiger partial charge in [-0.25, -0.2) is 0 Å². The Kier molecular flexibility index (Phi) is 5.59. The summed E-state index contributed by atoms with van der Waals surface area (Å²) in [7, 11) is 0. The standard InChI is InChI=1S/C21H15N3O3/c25-21(18-9-5-2-6-10-18)20(17-7-3-1-4-8-17)23-22-15-16-11-13-19(14-12-16)24(26)27/h1-15H. The molecule has 0 fully saturated rings. The number of rotatable bonds is 6. The molecule has 0 aromatic heterocycles. The normalized spacial score (nSPS) is 11.5. The van der Waals surface area contributed by atoms with Gasteiger partial charge < -0.3 is 0 Å². The molecule has 0 aliphatic heterocycles. The van der Waals surface area contributed by atoms with Gasteiger partial charge in [-0.2, -0.15) is 5.10 Å². The predicted octanol–water partition coefficient (Wildman–Crippen LogP) is 4.30. The molecule has 0 amide bonds. The summed E-state index contributed by atoms with van der Waals surface area (Å²) in [4.78, 5) is 23.1. The highest BCUT2D eigenvalue weighted by molar-refractivity contribution is 6.51. The highest BCUT2D eigenvalue weighted by atomic mass is 16.6. The van der Waals surface area contributed by atoms with Crippen LogP contribution in [0.25, 0.3) is 0 Å². The number of nitrogens with zero attached hydrogens (tertiary/aromatic N) is 3. The molecular weight excluding hydrogens is 342 g/mol. The fraction of sp³-hybridized carbons (Fsp3) is 0. The van der Waals surface area contributed by atoms with Gasteiger partial charge in [-0.05, 0) is 17.7 Å². The Morgan fingerprint density at radius 1 is 0.815 bits per heavy atom. The molecule has 0 spiro atoms. The van der Waals surface area contributed by atoms with Crippen molar-refractivity contribution in [3.8, 4) is 0 Å². The number of hydrogen-bond acceptors (Lipinski definition) is 5. The number of carbonyl (C=O) groups excluding carboxylic acids is 1. The average Bonchev–Trinajstić information content (AvgIpc) is 2.72. The van der Waals surface area contributed by atoms with E-state index >= 15 is 0 Å². The molecular formula is C21H15N3O3. The van der Waals surface area contributed by atoms with Gasteiger partial charge in [0.2, 0.25) is 5.78 Å². The van der Waals surface area contributed by atoms with Crippen molar-refractivity contribution in [1.29, 1.82) is 0 Å². The van der Waals surface area contributed by atoms with Gasteiger partial charge in [0.05, 0.1) is 11.1 Å². The van der Waals surface area contributed by atoms with Crippen molar-refractivity contribution in [2.24, 2.45) is 10.2 Å². The van der Waals surface area contributed by atoms with E-state index in [4.69, 9.17) is 0 Å². The van der Waals surface area contributed by atoms with E-state index in [1.807, 2.05) is 24.3 Å². The molecule has 0 saturated carbocycles. The number of benzene rings is 3. The fourth-order valence-electron chi connectivity index (χ4n) is 2.39. The Morgan fingerprint density at radius 3 is 1.93 bits per heavy atom. The van der Waals surface area contributed by atoms with E-state index in [0.29, 0.717) is 16.7 Å². The molecule has 6 nitrogen and oxygen atoms in total. The van der Waals surface area contributed by atoms with Gasteiger partial charge in [-0.3, -0.25) is 14.9 Å². The number of Topliss-reactive ketones (excluding diaryl/α,β-unsaturated/α-hetero) is 1. The lowest BCUT2D eigenvalue weighted by Gasteiger charge is -2.04. The minimum Gasteiger partial charge on any atom is -0.287 e. The molecule has 6 heteroatoms. The Hall–Kier alpha value is -3.93. The van der Waals surface area contributed by atoms with Crippen molar-refractivity contribution in [3.63, 3.8) is 0 Å². The zero-order valence-electron chi connectivity index (χ0n) is 14.2. The first-order valence-electron chi connectivity index (χ1n) is 8.16. The lowest BCUT2D eigenvalue weighted by molar-refractivity contribution is -0.384. The summed E-state index contributed by atoms with van der Waals surface area (Å²) in [5, 5.41) is 18.8. The number of carbonyl (C=O) groups is 1. The maximum Gasteiger partial charge on any atom is 0.269 e. The summed E-state index contributed by atoms with van der Waals surface area (Å²) >= 11 is 0. The Bertz CT molecular complexity index is 996. The second-order valence-corrected chi connectivity index (χ2v) is 5.60. The largest absolute Gasteiger partial charge is 0.287 e. The summed E-state index contributed by atoms with van der Waals surface area (Å²) in [5.74, 6) is -0.234. The zero-order valence-corrected chi connectivity index (χ0v) is 14.2. The molecule has 0 saturated heterocycles. The van der Waals surface area contributed by atoms with Crippen molar-refractivity contribution in [3.05, 3.63) is 112 Å². The molecule has 3 aromatic rings. The molecule has 3 rings (SSSR count). The summed E-state index contributed by atoms with van der Waals surface area (Å²) in [5.41, 5.74) is 2.04. The second-order valence-electron chi connectivity index (χ2n) is 5.60. The summed E-state index contributed by atoms with van der Waals surface area (Å²) in [6.45, 7) is 0. The first-order chi connectivity index (χ1) is 13.1. The summed E-state index contributed by atoms with van der Waals surface area (Å²) in [6, 6.07) is 23.9. The topological polar surface area (TPSA) is 84.9 Å². The van der Waals surface area contributed by atoms with Crippen LogP contribution in [0.1, 0.15) is 21.5 Å². The number of non-ortho nitro benzene ring substituents is 1. The molecule has 0 N–H and O–H groups in total. The maximum atomic E-state index is 12.8. The van der Waals surface area contributed by atoms with E-state index in [0.717, 1.165) is 0 Å². The van der Waals surface area contributed by atoms with E-state index in [-0.39, 0.29) is 17.2 Å². The van der Waals surface area contributed by atoms with E-state index in [9.17, 15) is 14.9 Å². The zero-order chi connectivity index (χ0) is 19.1. The minimum atomic E-state index is -0.467. The molecule has 132 valence electrons. The molecule has 27 heavy (non-hydrogen) atoms. The Labute approximate surface area is 155 Å². The quantitative estimate of drug-likeness (QED) is 0.285. The molecule has 0 radical (unpaired) electrons. The maximum absolute atomic E-state index is 12.8. The smallest absolute Gasteiger partial charge is 0.269 e. The van der Waals surface area contributed by atoms with Crippen LogP contribution in [0.15, 0.2) is 95.1 Å². The molecule has 0 heterocycles. The van der Waals surface area contributed by atoms with Crippen molar-refractivity contribution in [1.82, 2.24) is 0 Å². The van der Waals surface area contributed by atoms with Gasteiger partial charge in [0.1, 0.15) is 5.71 Å². The van der Waals surface area contributed by atoms with Crippen LogP contribution in [-0.4, -0.2) is 22.6 Å². The van der Waals surface area contributed by atoms with Crippen LogP contribution >= 0.6 is 0 Å². The number of ketones is 1. The van der Waals surface area contributed by atoms with Gasteiger partial charge in [0.15, 0.2) is 0 Å². The van der Waals surface area contributed by atoms with E-state index < -0.39 is 4.92 Å². The number of hydrogen-bond donors (Lipinski definition) is 0. The average molecular weight is 357 g/mol. The van der Waals surface area contributed by atoms with Gasteiger partial charge in [-0.15, -0.1) is 5.10 Å². The first kappa shape index (κ1) is 17.9. The molecule has 3 aromatic carbocycles. The molecule has 0 aliphatic carbocycles. The van der Waals surface area contributed by atoms with Gasteiger partial charge in [0, 0.05) is 23.3 Å². The monoisotopic (exact) mass is 357 g/mol. The molecule has 0 atom stereocenters. The molecule has 0 aliphatic rings. The summed E-state index contributed by atoms with van der Waals surface area (Å²) in [6.07, 6.45) is 1.45. The lowest BCUT2D eigenvalue weighted by Crippen LogP contribution is -2.15. The van der Waals surface area contributed by atoms with Crippen molar-refractivity contribution >= 4 is 23.4 Å². The number of nitro benzene ring substituents is 1. The SMILES string of the molecule is O=C(C(=NN=Cc1ccc([N+](=O)[O-])cc1)c1ccccc1)c1ccccc1. The Morgan fingerprint density at radius 2 is 1.37 bits per heavy atom. The fourth-order valence-corrected chi connectivity index (χ4v) is 2.39. The predicted molar refractivity (Wildman–Crippen MR) is 104 cm³/mol. The van der Waals surface area contributed by atoms with Crippen LogP contribution in [-0.2, 0) is 0 Å². The minimum absolute atomic E-state index is 0.000110. The van der Waals surface area contributed by atoms with E-state index in [1.54, 1.807) is 48.5 Å². The number of nitro groups is 1. The van der Waals surface area contributed by atoms with Crippen LogP contribution in [0.4, 0.5) is 5.69 Å². The van der Waals surface area contributed by atoms with Crippen LogP contribution < -0.4 is 0 Å². The van der Waals surface area contributed by atoms with Crippen LogP contribution in [0.2, 0.25) is 0 Å². The van der Waals surface area contributed by atoms with Crippen LogP contribution in [0.3, 0.4) is 0 Å². The van der Waals surface area contributed by atoms with E-state index in [2.05, 4.69) is 10.2 Å². The molecule has 0 unspecified atom stereocenters.